The van der Waals surface area contributed by atoms with Crippen LogP contribution >= 0.6 is 0 Å². The van der Waals surface area contributed by atoms with Gasteiger partial charge in [0.25, 0.3) is 5.91 Å². The Morgan fingerprint density at radius 1 is 0.933 bits per heavy atom. The highest BCUT2D eigenvalue weighted by atomic mass is 16.5. The van der Waals surface area contributed by atoms with Crippen LogP contribution in [0.15, 0.2) is 88.1 Å². The van der Waals surface area contributed by atoms with Crippen LogP contribution in [0.5, 0.6) is 5.75 Å². The predicted molar refractivity (Wildman–Crippen MR) is 114 cm³/mol. The van der Waals surface area contributed by atoms with E-state index in [1.54, 1.807) is 36.2 Å². The third-order valence-electron chi connectivity index (χ3n) is 5.43. The van der Waals surface area contributed by atoms with Gasteiger partial charge in [-0.1, -0.05) is 54.6 Å². The van der Waals surface area contributed by atoms with E-state index in [1.165, 1.54) is 0 Å². The van der Waals surface area contributed by atoms with E-state index in [-0.39, 0.29) is 17.1 Å². The SMILES string of the molecule is CN1C(=O)c2oc3ccccc3c(=O)c2[C@@H]1c1cccc(OCc2ccccc2)c1. The molecular formula is C25H19NO4. The number of para-hydroxylation sites is 1. The molecule has 1 aromatic heterocycles. The third-order valence-corrected chi connectivity index (χ3v) is 5.43. The minimum atomic E-state index is -0.520. The minimum Gasteiger partial charge on any atom is -0.489 e. The molecule has 2 heterocycles. The molecule has 1 atom stereocenters. The monoisotopic (exact) mass is 397 g/mol. The topological polar surface area (TPSA) is 59.8 Å². The van der Waals surface area contributed by atoms with Crippen LogP contribution in [0.2, 0.25) is 0 Å². The third kappa shape index (κ3) is 2.95. The summed E-state index contributed by atoms with van der Waals surface area (Å²) in [4.78, 5) is 27.6. The zero-order valence-corrected chi connectivity index (χ0v) is 16.4. The van der Waals surface area contributed by atoms with E-state index in [2.05, 4.69) is 0 Å². The number of benzene rings is 3. The summed E-state index contributed by atoms with van der Waals surface area (Å²) in [6, 6.07) is 23.9. The van der Waals surface area contributed by atoms with Gasteiger partial charge in [0, 0.05) is 7.05 Å². The second-order valence-corrected chi connectivity index (χ2v) is 7.34. The number of carbonyl (C=O) groups is 1. The average Bonchev–Trinajstić information content (AvgIpc) is 3.04. The van der Waals surface area contributed by atoms with Gasteiger partial charge in [0.1, 0.15) is 17.9 Å². The Balaban J connectivity index is 1.55. The lowest BCUT2D eigenvalue weighted by atomic mass is 9.98. The van der Waals surface area contributed by atoms with Gasteiger partial charge < -0.3 is 14.1 Å². The van der Waals surface area contributed by atoms with E-state index in [0.717, 1.165) is 11.1 Å². The number of fused-ring (bicyclic) bond motifs is 2. The van der Waals surface area contributed by atoms with Gasteiger partial charge in [0.15, 0.2) is 5.43 Å². The number of nitrogens with zero attached hydrogens (tertiary/aromatic N) is 1. The van der Waals surface area contributed by atoms with E-state index >= 15 is 0 Å². The zero-order chi connectivity index (χ0) is 20.7. The summed E-state index contributed by atoms with van der Waals surface area (Å²) in [5, 5.41) is 0.473. The molecule has 0 fully saturated rings. The van der Waals surface area contributed by atoms with Crippen LogP contribution in [0.1, 0.15) is 33.3 Å². The van der Waals surface area contributed by atoms with Crippen LogP contribution in [0.4, 0.5) is 0 Å². The van der Waals surface area contributed by atoms with Gasteiger partial charge in [0.05, 0.1) is 17.0 Å². The van der Waals surface area contributed by atoms with Crippen molar-refractivity contribution in [2.75, 3.05) is 7.05 Å². The maximum atomic E-state index is 13.2. The molecule has 5 nitrogen and oxygen atoms in total. The maximum Gasteiger partial charge on any atom is 0.290 e. The van der Waals surface area contributed by atoms with Gasteiger partial charge in [0.2, 0.25) is 5.76 Å². The molecule has 30 heavy (non-hydrogen) atoms. The van der Waals surface area contributed by atoms with Crippen molar-refractivity contribution in [1.82, 2.24) is 4.90 Å². The van der Waals surface area contributed by atoms with Gasteiger partial charge in [-0.05, 0) is 35.4 Å². The molecule has 1 aliphatic heterocycles. The Morgan fingerprint density at radius 2 is 1.70 bits per heavy atom. The van der Waals surface area contributed by atoms with Crippen molar-refractivity contribution < 1.29 is 13.9 Å². The summed E-state index contributed by atoms with van der Waals surface area (Å²) in [6.45, 7) is 0.438. The van der Waals surface area contributed by atoms with Crippen molar-refractivity contribution in [2.24, 2.45) is 0 Å². The van der Waals surface area contributed by atoms with E-state index in [0.29, 0.717) is 28.9 Å². The van der Waals surface area contributed by atoms with Crippen molar-refractivity contribution in [3.63, 3.8) is 0 Å². The highest BCUT2D eigenvalue weighted by Crippen LogP contribution is 2.37. The minimum absolute atomic E-state index is 0.113. The average molecular weight is 397 g/mol. The Morgan fingerprint density at radius 3 is 2.53 bits per heavy atom. The predicted octanol–water partition coefficient (Wildman–Crippen LogP) is 4.55. The summed E-state index contributed by atoms with van der Waals surface area (Å²) in [5.74, 6) is 0.492. The molecule has 0 radical (unpaired) electrons. The smallest absolute Gasteiger partial charge is 0.290 e. The first-order chi connectivity index (χ1) is 14.6. The molecule has 148 valence electrons. The van der Waals surface area contributed by atoms with E-state index in [4.69, 9.17) is 9.15 Å². The van der Waals surface area contributed by atoms with Crippen LogP contribution < -0.4 is 10.2 Å². The maximum absolute atomic E-state index is 13.2. The van der Waals surface area contributed by atoms with Gasteiger partial charge in [-0.25, -0.2) is 0 Å². The standard InChI is InChI=1S/C25H19NO4/c1-26-22(17-10-7-11-18(14-17)29-15-16-8-3-2-4-9-16)21-23(27)19-12-5-6-13-20(19)30-24(21)25(26)28/h2-14,22H,15H2,1H3/t22-/m0/s1. The number of carbonyl (C=O) groups excluding carboxylic acids is 1. The first-order valence-corrected chi connectivity index (χ1v) is 9.73. The molecular weight excluding hydrogens is 378 g/mol. The van der Waals surface area contributed by atoms with Gasteiger partial charge in [-0.2, -0.15) is 0 Å². The first kappa shape index (κ1) is 18.2. The normalized spacial score (nSPS) is 15.4. The Labute approximate surface area is 173 Å². The van der Waals surface area contributed by atoms with Crippen molar-refractivity contribution in [1.29, 1.82) is 0 Å². The second-order valence-electron chi connectivity index (χ2n) is 7.34. The fourth-order valence-electron chi connectivity index (χ4n) is 3.94. The highest BCUT2D eigenvalue weighted by Gasteiger charge is 2.40. The molecule has 5 heteroatoms. The number of rotatable bonds is 4. The summed E-state index contributed by atoms with van der Waals surface area (Å²) in [7, 11) is 1.68. The highest BCUT2D eigenvalue weighted by molar-refractivity contribution is 5.98. The molecule has 5 rings (SSSR count). The van der Waals surface area contributed by atoms with Crippen molar-refractivity contribution >= 4 is 16.9 Å². The fraction of sp³-hybridized carbons (Fsp3) is 0.120. The van der Waals surface area contributed by atoms with Gasteiger partial charge >= 0.3 is 0 Å². The fourth-order valence-corrected chi connectivity index (χ4v) is 3.94. The number of amides is 1. The Hall–Kier alpha value is -3.86. The molecule has 0 bridgehead atoms. The van der Waals surface area contributed by atoms with E-state index < -0.39 is 6.04 Å². The molecule has 4 aromatic rings. The van der Waals surface area contributed by atoms with E-state index in [9.17, 15) is 9.59 Å². The molecule has 0 saturated carbocycles. The molecule has 1 amide bonds. The quantitative estimate of drug-likeness (QED) is 0.507. The van der Waals surface area contributed by atoms with Gasteiger partial charge in [-0.15, -0.1) is 0 Å². The number of hydrogen-bond donors (Lipinski definition) is 0. The van der Waals surface area contributed by atoms with Crippen LogP contribution in [0, 0.1) is 0 Å². The summed E-state index contributed by atoms with van der Waals surface area (Å²) >= 11 is 0. The van der Waals surface area contributed by atoms with E-state index in [1.807, 2.05) is 54.6 Å². The summed E-state index contributed by atoms with van der Waals surface area (Å²) < 4.78 is 11.8. The first-order valence-electron chi connectivity index (χ1n) is 9.73. The van der Waals surface area contributed by atoms with Gasteiger partial charge in [-0.3, -0.25) is 9.59 Å². The molecule has 0 unspecified atom stereocenters. The van der Waals surface area contributed by atoms with Crippen LogP contribution in [-0.4, -0.2) is 17.9 Å². The van der Waals surface area contributed by atoms with Crippen molar-refractivity contribution in [2.45, 2.75) is 12.6 Å². The molecule has 3 aromatic carbocycles. The van der Waals surface area contributed by atoms with Crippen LogP contribution in [0.3, 0.4) is 0 Å². The summed E-state index contributed by atoms with van der Waals surface area (Å²) in [6.07, 6.45) is 0. The van der Waals surface area contributed by atoms with Crippen molar-refractivity contribution in [3.05, 3.63) is 112 Å². The Bertz CT molecular complexity index is 1310. The molecule has 0 aliphatic carbocycles. The Kier molecular flexibility index (Phi) is 4.36. The molecule has 0 N–H and O–H groups in total. The largest absolute Gasteiger partial charge is 0.489 e. The van der Waals surface area contributed by atoms with Crippen LogP contribution in [-0.2, 0) is 6.61 Å². The molecule has 0 saturated heterocycles. The zero-order valence-electron chi connectivity index (χ0n) is 16.4. The van der Waals surface area contributed by atoms with Crippen molar-refractivity contribution in [3.8, 4) is 5.75 Å². The summed E-state index contributed by atoms with van der Waals surface area (Å²) in [5.41, 5.74) is 2.49. The molecule has 1 aliphatic rings. The number of hydrogen-bond acceptors (Lipinski definition) is 4. The van der Waals surface area contributed by atoms with Crippen LogP contribution in [0.25, 0.3) is 11.0 Å². The lowest BCUT2D eigenvalue weighted by Crippen LogP contribution is -2.25. The number of ether oxygens (including phenoxy) is 1. The molecule has 0 spiro atoms. The lowest BCUT2D eigenvalue weighted by Gasteiger charge is -2.21. The lowest BCUT2D eigenvalue weighted by molar-refractivity contribution is 0.0771. The second kappa shape index (κ2) is 7.19.